The van der Waals surface area contributed by atoms with Crippen molar-refractivity contribution in [3.8, 4) is 11.5 Å². The Morgan fingerprint density at radius 1 is 0.735 bits per heavy atom. The minimum absolute atomic E-state index is 0.140. The lowest BCUT2D eigenvalue weighted by atomic mass is 10.1. The van der Waals surface area contributed by atoms with Crippen molar-refractivity contribution < 1.29 is 38.9 Å². The first-order valence-electron chi connectivity index (χ1n) is 10.8. The third-order valence-electron chi connectivity index (χ3n) is 5.38. The molecule has 12 nitrogen and oxygen atoms in total. The second-order valence-electron chi connectivity index (χ2n) is 9.34. The van der Waals surface area contributed by atoms with E-state index in [0.717, 1.165) is 9.80 Å². The number of imide groups is 2. The van der Waals surface area contributed by atoms with Gasteiger partial charge in [-0.05, 0) is 52.0 Å². The van der Waals surface area contributed by atoms with E-state index in [-0.39, 0.29) is 26.3 Å². The van der Waals surface area contributed by atoms with Gasteiger partial charge in [-0.15, -0.1) is 0 Å². The average molecular weight is 479 g/mol. The van der Waals surface area contributed by atoms with Gasteiger partial charge >= 0.3 is 12.1 Å². The number of rotatable bonds is 10. The first-order chi connectivity index (χ1) is 15.8. The first-order valence-corrected chi connectivity index (χ1v) is 10.8. The summed E-state index contributed by atoms with van der Waals surface area (Å²) in [5, 5.41) is 25.4. The highest BCUT2D eigenvalue weighted by molar-refractivity contribution is 6.07. The molecule has 0 bridgehead atoms. The van der Waals surface area contributed by atoms with Crippen LogP contribution in [0.5, 0.6) is 11.5 Å². The number of benzene rings is 1. The zero-order chi connectivity index (χ0) is 25.3. The van der Waals surface area contributed by atoms with Crippen LogP contribution >= 0.6 is 0 Å². The van der Waals surface area contributed by atoms with Crippen molar-refractivity contribution in [1.29, 1.82) is 0 Å². The predicted octanol–water partition coefficient (Wildman–Crippen LogP) is -0.173. The summed E-state index contributed by atoms with van der Waals surface area (Å²) in [6, 6.07) is 5.24. The molecule has 4 N–H and O–H groups in total. The van der Waals surface area contributed by atoms with Crippen LogP contribution in [-0.2, 0) is 9.59 Å². The summed E-state index contributed by atoms with van der Waals surface area (Å²) in [5.41, 5.74) is -2.01. The van der Waals surface area contributed by atoms with Crippen LogP contribution in [0.2, 0.25) is 0 Å². The van der Waals surface area contributed by atoms with Gasteiger partial charge in [0.2, 0.25) is 0 Å². The number of hydrogen-bond donors (Lipinski definition) is 4. The van der Waals surface area contributed by atoms with E-state index < -0.39 is 47.2 Å². The van der Waals surface area contributed by atoms with Crippen LogP contribution in [0.15, 0.2) is 24.3 Å². The Hall–Kier alpha value is -3.38. The quantitative estimate of drug-likeness (QED) is 0.338. The Balaban J connectivity index is 1.42. The Kier molecular flexibility index (Phi) is 7.03. The van der Waals surface area contributed by atoms with E-state index in [4.69, 9.17) is 9.47 Å². The van der Waals surface area contributed by atoms with Crippen molar-refractivity contribution in [3.63, 3.8) is 0 Å². The molecule has 3 rings (SSSR count). The lowest BCUT2D eigenvalue weighted by Gasteiger charge is -2.20. The molecular formula is C22H30N4O8. The van der Waals surface area contributed by atoms with Gasteiger partial charge in [0.1, 0.15) is 48.0 Å². The average Bonchev–Trinajstić information content (AvgIpc) is 3.07. The van der Waals surface area contributed by atoms with Gasteiger partial charge < -0.3 is 30.3 Å². The molecule has 0 saturated carbocycles. The van der Waals surface area contributed by atoms with Gasteiger partial charge in [0.05, 0.1) is 13.1 Å². The SMILES string of the molecule is CC1(C)NC(=O)N(CC(O)COc2ccc(OCC(O)CN3C(=O)NC(C)(C)C3=O)cc2)C1=O. The second-order valence-corrected chi connectivity index (χ2v) is 9.34. The van der Waals surface area contributed by atoms with Gasteiger partial charge in [0.15, 0.2) is 0 Å². The van der Waals surface area contributed by atoms with Crippen molar-refractivity contribution >= 4 is 23.9 Å². The van der Waals surface area contributed by atoms with Crippen LogP contribution in [0.1, 0.15) is 27.7 Å². The molecule has 2 heterocycles. The molecule has 2 unspecified atom stereocenters. The van der Waals surface area contributed by atoms with E-state index in [1.165, 1.54) is 0 Å². The lowest BCUT2D eigenvalue weighted by molar-refractivity contribution is -0.132. The number of amides is 6. The summed E-state index contributed by atoms with van der Waals surface area (Å²) in [6.45, 7) is 5.68. The Morgan fingerprint density at radius 3 is 1.32 bits per heavy atom. The van der Waals surface area contributed by atoms with Gasteiger partial charge in [-0.1, -0.05) is 0 Å². The largest absolute Gasteiger partial charge is 0.491 e. The second kappa shape index (κ2) is 9.47. The number of carbonyl (C=O) groups excluding carboxylic acids is 4. The van der Waals surface area contributed by atoms with Crippen LogP contribution in [0.25, 0.3) is 0 Å². The maximum atomic E-state index is 12.2. The molecule has 6 amide bonds. The van der Waals surface area contributed by atoms with Crippen molar-refractivity contribution in [2.75, 3.05) is 26.3 Å². The minimum atomic E-state index is -1.08. The minimum Gasteiger partial charge on any atom is -0.491 e. The molecule has 34 heavy (non-hydrogen) atoms. The summed E-state index contributed by atoms with van der Waals surface area (Å²) in [4.78, 5) is 50.0. The number of aliphatic hydroxyl groups excluding tert-OH is 2. The number of hydrogen-bond acceptors (Lipinski definition) is 8. The fourth-order valence-electron chi connectivity index (χ4n) is 3.51. The molecule has 2 aliphatic heterocycles. The molecule has 0 spiro atoms. The summed E-state index contributed by atoms with van der Waals surface area (Å²) >= 11 is 0. The number of carbonyl (C=O) groups is 4. The summed E-state index contributed by atoms with van der Waals surface area (Å²) in [7, 11) is 0. The third-order valence-corrected chi connectivity index (χ3v) is 5.38. The van der Waals surface area contributed by atoms with E-state index in [2.05, 4.69) is 10.6 Å². The first kappa shape index (κ1) is 25.2. The number of nitrogens with one attached hydrogen (secondary N) is 2. The van der Waals surface area contributed by atoms with Crippen molar-refractivity contribution in [3.05, 3.63) is 24.3 Å². The number of aliphatic hydroxyl groups is 2. The number of ether oxygens (including phenoxy) is 2. The highest BCUT2D eigenvalue weighted by Crippen LogP contribution is 2.20. The van der Waals surface area contributed by atoms with Gasteiger partial charge in [-0.2, -0.15) is 0 Å². The zero-order valence-electron chi connectivity index (χ0n) is 19.5. The summed E-state index contributed by atoms with van der Waals surface area (Å²) < 4.78 is 11.0. The number of nitrogens with zero attached hydrogens (tertiary/aromatic N) is 2. The highest BCUT2D eigenvalue weighted by atomic mass is 16.5. The fraction of sp³-hybridized carbons (Fsp3) is 0.545. The topological polar surface area (TPSA) is 158 Å². The number of urea groups is 2. The normalized spacial score (nSPS) is 20.8. The lowest BCUT2D eigenvalue weighted by Crippen LogP contribution is -2.42. The van der Waals surface area contributed by atoms with E-state index >= 15 is 0 Å². The van der Waals surface area contributed by atoms with E-state index in [0.29, 0.717) is 11.5 Å². The van der Waals surface area contributed by atoms with Crippen LogP contribution in [-0.4, -0.2) is 93.5 Å². The van der Waals surface area contributed by atoms with Gasteiger partial charge in [-0.3, -0.25) is 19.4 Å². The van der Waals surface area contributed by atoms with Gasteiger partial charge in [0.25, 0.3) is 11.8 Å². The van der Waals surface area contributed by atoms with Crippen LogP contribution < -0.4 is 20.1 Å². The van der Waals surface area contributed by atoms with Crippen molar-refractivity contribution in [2.24, 2.45) is 0 Å². The zero-order valence-corrected chi connectivity index (χ0v) is 19.5. The fourth-order valence-corrected chi connectivity index (χ4v) is 3.51. The van der Waals surface area contributed by atoms with E-state index in [1.807, 2.05) is 0 Å². The standard InChI is InChI=1S/C22H30N4O8/c1-21(2)17(29)25(19(31)23-21)9-13(27)11-33-15-5-7-16(8-6-15)34-12-14(28)10-26-18(30)22(3,4)24-20(26)32/h5-8,13-14,27-28H,9-12H2,1-4H3,(H,23,31)(H,24,32). The third kappa shape index (κ3) is 5.57. The number of β-amino-alcohol motifs (C(OH)–C–C–N with tert-alkyl or cyclic N) is 2. The van der Waals surface area contributed by atoms with E-state index in [9.17, 15) is 29.4 Å². The smallest absolute Gasteiger partial charge is 0.325 e. The van der Waals surface area contributed by atoms with Crippen LogP contribution in [0.3, 0.4) is 0 Å². The molecular weight excluding hydrogens is 448 g/mol. The van der Waals surface area contributed by atoms with Crippen LogP contribution in [0.4, 0.5) is 9.59 Å². The predicted molar refractivity (Wildman–Crippen MR) is 118 cm³/mol. The molecule has 2 atom stereocenters. The maximum Gasteiger partial charge on any atom is 0.325 e. The van der Waals surface area contributed by atoms with Gasteiger partial charge in [-0.25, -0.2) is 9.59 Å². The van der Waals surface area contributed by atoms with E-state index in [1.54, 1.807) is 52.0 Å². The van der Waals surface area contributed by atoms with Crippen molar-refractivity contribution in [2.45, 2.75) is 51.0 Å². The molecule has 1 aromatic carbocycles. The molecule has 12 heteroatoms. The molecule has 0 aliphatic carbocycles. The van der Waals surface area contributed by atoms with Gasteiger partial charge in [0, 0.05) is 0 Å². The van der Waals surface area contributed by atoms with Crippen LogP contribution in [0, 0.1) is 0 Å². The Labute approximate surface area is 196 Å². The molecule has 2 saturated heterocycles. The summed E-state index contributed by atoms with van der Waals surface area (Å²) in [6.07, 6.45) is -2.16. The molecule has 186 valence electrons. The molecule has 1 aromatic rings. The Bertz CT molecular complexity index is 885. The molecule has 0 aromatic heterocycles. The molecule has 2 aliphatic rings. The Morgan fingerprint density at radius 2 is 1.06 bits per heavy atom. The monoisotopic (exact) mass is 478 g/mol. The maximum absolute atomic E-state index is 12.2. The molecule has 0 radical (unpaired) electrons. The molecule has 2 fully saturated rings. The highest BCUT2D eigenvalue weighted by Gasteiger charge is 2.45. The van der Waals surface area contributed by atoms with Crippen molar-refractivity contribution in [1.82, 2.24) is 20.4 Å². The summed E-state index contributed by atoms with van der Waals surface area (Å²) in [5.74, 6) is 0.00874.